The van der Waals surface area contributed by atoms with E-state index >= 15 is 0 Å². The first kappa shape index (κ1) is 12.3. The van der Waals surface area contributed by atoms with Gasteiger partial charge in [-0.25, -0.2) is 9.97 Å². The fraction of sp³-hybridized carbons (Fsp3) is 0.235. The molecule has 1 unspecified atom stereocenters. The molecular formula is C17H16N4. The highest BCUT2D eigenvalue weighted by molar-refractivity contribution is 5.89. The van der Waals surface area contributed by atoms with E-state index in [1.807, 2.05) is 36.7 Å². The molecule has 0 spiro atoms. The number of hydrogen-bond acceptors (Lipinski definition) is 4. The van der Waals surface area contributed by atoms with Crippen LogP contribution in [0.25, 0.3) is 10.9 Å². The van der Waals surface area contributed by atoms with E-state index in [0.717, 1.165) is 36.2 Å². The van der Waals surface area contributed by atoms with E-state index in [0.29, 0.717) is 5.92 Å². The van der Waals surface area contributed by atoms with Gasteiger partial charge in [0.1, 0.15) is 12.1 Å². The molecule has 1 saturated heterocycles. The highest BCUT2D eigenvalue weighted by atomic mass is 15.2. The number of hydrogen-bond donors (Lipinski definition) is 0. The topological polar surface area (TPSA) is 41.9 Å². The Labute approximate surface area is 123 Å². The molecule has 0 N–H and O–H groups in total. The quantitative estimate of drug-likeness (QED) is 0.721. The van der Waals surface area contributed by atoms with Crippen LogP contribution in [0.4, 0.5) is 5.82 Å². The predicted octanol–water partition coefficient (Wildman–Crippen LogP) is 3.02. The fourth-order valence-corrected chi connectivity index (χ4v) is 3.08. The SMILES string of the molecule is c1cncc(C2CCN(c3ncnc4ccccc34)C2)c1. The first-order chi connectivity index (χ1) is 10.4. The minimum absolute atomic E-state index is 0.535. The van der Waals surface area contributed by atoms with Crippen molar-refractivity contribution in [2.75, 3.05) is 18.0 Å². The molecule has 1 aromatic carbocycles. The maximum Gasteiger partial charge on any atom is 0.139 e. The first-order valence-corrected chi connectivity index (χ1v) is 7.26. The second-order valence-corrected chi connectivity index (χ2v) is 5.43. The third kappa shape index (κ3) is 2.23. The van der Waals surface area contributed by atoms with Gasteiger partial charge >= 0.3 is 0 Å². The Morgan fingerprint density at radius 1 is 1.05 bits per heavy atom. The van der Waals surface area contributed by atoms with E-state index in [1.165, 1.54) is 5.56 Å². The number of pyridine rings is 1. The highest BCUT2D eigenvalue weighted by Crippen LogP contribution is 2.32. The molecular weight excluding hydrogens is 260 g/mol. The zero-order valence-corrected chi connectivity index (χ0v) is 11.7. The van der Waals surface area contributed by atoms with Gasteiger partial charge in [-0.2, -0.15) is 0 Å². The van der Waals surface area contributed by atoms with E-state index in [1.54, 1.807) is 6.33 Å². The lowest BCUT2D eigenvalue weighted by Gasteiger charge is -2.19. The molecule has 0 bridgehead atoms. The van der Waals surface area contributed by atoms with Crippen LogP contribution in [0.5, 0.6) is 0 Å². The highest BCUT2D eigenvalue weighted by Gasteiger charge is 2.25. The van der Waals surface area contributed by atoms with Gasteiger partial charge in [-0.05, 0) is 30.2 Å². The van der Waals surface area contributed by atoms with Crippen molar-refractivity contribution in [1.82, 2.24) is 15.0 Å². The van der Waals surface area contributed by atoms with Gasteiger partial charge in [-0.1, -0.05) is 18.2 Å². The molecule has 1 aliphatic rings. The van der Waals surface area contributed by atoms with Gasteiger partial charge < -0.3 is 4.90 Å². The first-order valence-electron chi connectivity index (χ1n) is 7.26. The van der Waals surface area contributed by atoms with Gasteiger partial charge in [0.05, 0.1) is 5.52 Å². The Kier molecular flexibility index (Phi) is 2.99. The Morgan fingerprint density at radius 2 is 2.00 bits per heavy atom. The third-order valence-corrected chi connectivity index (χ3v) is 4.17. The van der Waals surface area contributed by atoms with E-state index < -0.39 is 0 Å². The molecule has 4 rings (SSSR count). The normalized spacial score (nSPS) is 18.3. The molecule has 2 aromatic heterocycles. The van der Waals surface area contributed by atoms with Gasteiger partial charge in [0.25, 0.3) is 0 Å². The summed E-state index contributed by atoms with van der Waals surface area (Å²) in [6.45, 7) is 2.02. The molecule has 4 heteroatoms. The summed E-state index contributed by atoms with van der Waals surface area (Å²) >= 11 is 0. The Balaban J connectivity index is 1.66. The summed E-state index contributed by atoms with van der Waals surface area (Å²) in [5.74, 6) is 1.58. The largest absolute Gasteiger partial charge is 0.355 e. The van der Waals surface area contributed by atoms with Crippen molar-refractivity contribution in [3.63, 3.8) is 0 Å². The van der Waals surface area contributed by atoms with Crippen LogP contribution in [0.1, 0.15) is 17.9 Å². The van der Waals surface area contributed by atoms with E-state index in [4.69, 9.17) is 0 Å². The lowest BCUT2D eigenvalue weighted by molar-refractivity contribution is 0.769. The van der Waals surface area contributed by atoms with Crippen LogP contribution in [0.15, 0.2) is 55.1 Å². The van der Waals surface area contributed by atoms with Gasteiger partial charge in [0.15, 0.2) is 0 Å². The van der Waals surface area contributed by atoms with Crippen LogP contribution >= 0.6 is 0 Å². The van der Waals surface area contributed by atoms with Gasteiger partial charge in [0.2, 0.25) is 0 Å². The number of rotatable bonds is 2. The Morgan fingerprint density at radius 3 is 2.90 bits per heavy atom. The summed E-state index contributed by atoms with van der Waals surface area (Å²) in [5, 5.41) is 1.13. The number of aromatic nitrogens is 3. The van der Waals surface area contributed by atoms with Gasteiger partial charge in [0, 0.05) is 36.8 Å². The lowest BCUT2D eigenvalue weighted by Crippen LogP contribution is -2.20. The molecule has 0 radical (unpaired) electrons. The molecule has 1 aliphatic heterocycles. The molecule has 104 valence electrons. The van der Waals surface area contributed by atoms with Crippen molar-refractivity contribution in [3.8, 4) is 0 Å². The minimum Gasteiger partial charge on any atom is -0.355 e. The maximum atomic E-state index is 4.52. The van der Waals surface area contributed by atoms with Crippen LogP contribution in [0.2, 0.25) is 0 Å². The predicted molar refractivity (Wildman–Crippen MR) is 83.3 cm³/mol. The molecule has 0 aliphatic carbocycles. The van der Waals surface area contributed by atoms with Crippen LogP contribution in [-0.4, -0.2) is 28.0 Å². The van der Waals surface area contributed by atoms with Crippen molar-refractivity contribution in [1.29, 1.82) is 0 Å². The van der Waals surface area contributed by atoms with Gasteiger partial charge in [-0.3, -0.25) is 4.98 Å². The lowest BCUT2D eigenvalue weighted by atomic mass is 10.0. The van der Waals surface area contributed by atoms with E-state index in [-0.39, 0.29) is 0 Å². The monoisotopic (exact) mass is 276 g/mol. The van der Waals surface area contributed by atoms with Crippen molar-refractivity contribution in [3.05, 3.63) is 60.7 Å². The molecule has 3 aromatic rings. The zero-order valence-electron chi connectivity index (χ0n) is 11.7. The summed E-state index contributed by atoms with van der Waals surface area (Å²) in [7, 11) is 0. The van der Waals surface area contributed by atoms with Crippen LogP contribution < -0.4 is 4.90 Å². The minimum atomic E-state index is 0.535. The molecule has 4 nitrogen and oxygen atoms in total. The second-order valence-electron chi connectivity index (χ2n) is 5.43. The number of para-hydroxylation sites is 1. The Hall–Kier alpha value is -2.49. The number of anilines is 1. The maximum absolute atomic E-state index is 4.52. The smallest absolute Gasteiger partial charge is 0.139 e. The molecule has 1 atom stereocenters. The summed E-state index contributed by atoms with van der Waals surface area (Å²) in [6, 6.07) is 12.4. The van der Waals surface area contributed by atoms with Crippen LogP contribution in [0, 0.1) is 0 Å². The van der Waals surface area contributed by atoms with Crippen LogP contribution in [0.3, 0.4) is 0 Å². The average molecular weight is 276 g/mol. The summed E-state index contributed by atoms with van der Waals surface area (Å²) in [6.07, 6.45) is 6.61. The number of fused-ring (bicyclic) bond motifs is 1. The molecule has 21 heavy (non-hydrogen) atoms. The molecule has 0 saturated carbocycles. The number of nitrogens with zero attached hydrogens (tertiary/aromatic N) is 4. The van der Waals surface area contributed by atoms with Gasteiger partial charge in [-0.15, -0.1) is 0 Å². The van der Waals surface area contributed by atoms with Crippen molar-refractivity contribution >= 4 is 16.7 Å². The molecule has 1 fully saturated rings. The van der Waals surface area contributed by atoms with E-state index in [2.05, 4.69) is 32.0 Å². The summed E-state index contributed by atoms with van der Waals surface area (Å²) in [4.78, 5) is 15.5. The summed E-state index contributed by atoms with van der Waals surface area (Å²) in [5.41, 5.74) is 2.32. The average Bonchev–Trinajstić information content (AvgIpc) is 3.05. The Bertz CT molecular complexity index is 752. The third-order valence-electron chi connectivity index (χ3n) is 4.17. The number of benzene rings is 1. The fourth-order valence-electron chi connectivity index (χ4n) is 3.08. The zero-order chi connectivity index (χ0) is 14.1. The summed E-state index contributed by atoms with van der Waals surface area (Å²) < 4.78 is 0. The standard InChI is InChI=1S/C17H16N4/c1-2-6-16-15(5-1)17(20-12-19-16)21-9-7-14(11-21)13-4-3-8-18-10-13/h1-6,8,10,12,14H,7,9,11H2. The second kappa shape index (κ2) is 5.13. The van der Waals surface area contributed by atoms with Crippen LogP contribution in [-0.2, 0) is 0 Å². The van der Waals surface area contributed by atoms with Crippen molar-refractivity contribution in [2.45, 2.75) is 12.3 Å². The molecule has 3 heterocycles. The van der Waals surface area contributed by atoms with Crippen molar-refractivity contribution in [2.24, 2.45) is 0 Å². The van der Waals surface area contributed by atoms with E-state index in [9.17, 15) is 0 Å². The molecule has 0 amide bonds. The van der Waals surface area contributed by atoms with Crippen molar-refractivity contribution < 1.29 is 0 Å².